The van der Waals surface area contributed by atoms with Crippen molar-refractivity contribution >= 4 is 27.5 Å². The molecule has 158 valence electrons. The number of halogens is 1. The zero-order chi connectivity index (χ0) is 21.3. The monoisotopic (exact) mass is 431 g/mol. The molecule has 2 saturated heterocycles. The first kappa shape index (κ1) is 20.3. The number of sulfonamides is 1. The lowest BCUT2D eigenvalue weighted by molar-refractivity contribution is -0.138. The molecule has 4 rings (SSSR count). The van der Waals surface area contributed by atoms with Gasteiger partial charge in [0.1, 0.15) is 11.9 Å². The average Bonchev–Trinajstić information content (AvgIpc) is 3.17. The summed E-state index contributed by atoms with van der Waals surface area (Å²) < 4.78 is 39.9. The Balaban J connectivity index is 1.48. The van der Waals surface area contributed by atoms with Gasteiger partial charge in [0.25, 0.3) is 10.0 Å². The van der Waals surface area contributed by atoms with Crippen LogP contribution in [0.25, 0.3) is 0 Å². The molecule has 2 amide bonds. The Kier molecular flexibility index (Phi) is 5.46. The SMILES string of the molecule is O=C([C@@H]1CCC(=O)N1S(=O)(=O)c1ccccc1)N1CCN(c2ccc(F)cc2)CC1. The largest absolute Gasteiger partial charge is 0.368 e. The first-order valence-electron chi connectivity index (χ1n) is 9.79. The summed E-state index contributed by atoms with van der Waals surface area (Å²) in [6.45, 7) is 1.90. The van der Waals surface area contributed by atoms with Gasteiger partial charge in [-0.3, -0.25) is 9.59 Å². The second-order valence-corrected chi connectivity index (χ2v) is 9.17. The predicted octanol–water partition coefficient (Wildman–Crippen LogP) is 1.85. The van der Waals surface area contributed by atoms with Gasteiger partial charge in [0.05, 0.1) is 4.90 Å². The molecule has 2 fully saturated rings. The molecule has 0 radical (unpaired) electrons. The molecule has 2 aliphatic heterocycles. The van der Waals surface area contributed by atoms with E-state index in [0.717, 1.165) is 9.99 Å². The van der Waals surface area contributed by atoms with Crippen LogP contribution in [0, 0.1) is 5.82 Å². The standard InChI is InChI=1S/C21H22FN3O4S/c22-16-6-8-17(9-7-16)23-12-14-24(15-13-23)21(27)19-10-11-20(26)25(19)30(28,29)18-4-2-1-3-5-18/h1-9,19H,10-15H2/t19-/m0/s1. The molecule has 2 aliphatic rings. The van der Waals surface area contributed by atoms with Crippen molar-refractivity contribution in [2.24, 2.45) is 0 Å². The van der Waals surface area contributed by atoms with Crippen LogP contribution in [0.5, 0.6) is 0 Å². The Bertz CT molecular complexity index is 1040. The van der Waals surface area contributed by atoms with Gasteiger partial charge in [0.15, 0.2) is 0 Å². The summed E-state index contributed by atoms with van der Waals surface area (Å²) in [6.07, 6.45) is 0.208. The number of carbonyl (C=O) groups is 2. The zero-order valence-corrected chi connectivity index (χ0v) is 17.1. The van der Waals surface area contributed by atoms with E-state index < -0.39 is 22.0 Å². The molecule has 2 aromatic rings. The van der Waals surface area contributed by atoms with Crippen molar-refractivity contribution in [3.8, 4) is 0 Å². The molecule has 0 spiro atoms. The highest BCUT2D eigenvalue weighted by molar-refractivity contribution is 7.89. The summed E-state index contributed by atoms with van der Waals surface area (Å²) in [5.41, 5.74) is 0.868. The van der Waals surface area contributed by atoms with Gasteiger partial charge in [-0.25, -0.2) is 17.1 Å². The van der Waals surface area contributed by atoms with E-state index in [1.807, 2.05) is 4.90 Å². The van der Waals surface area contributed by atoms with Gasteiger partial charge in [-0.05, 0) is 42.8 Å². The fraction of sp³-hybridized carbons (Fsp3) is 0.333. The lowest BCUT2D eigenvalue weighted by Crippen LogP contribution is -2.55. The third-order valence-corrected chi connectivity index (χ3v) is 7.37. The van der Waals surface area contributed by atoms with Crippen molar-refractivity contribution in [3.05, 3.63) is 60.4 Å². The van der Waals surface area contributed by atoms with Gasteiger partial charge >= 0.3 is 0 Å². The third-order valence-electron chi connectivity index (χ3n) is 5.53. The molecule has 0 N–H and O–H groups in total. The molecule has 7 nitrogen and oxygen atoms in total. The normalized spacial score (nSPS) is 20.0. The van der Waals surface area contributed by atoms with Crippen LogP contribution in [0.1, 0.15) is 12.8 Å². The molecule has 0 aromatic heterocycles. The van der Waals surface area contributed by atoms with Crippen LogP contribution >= 0.6 is 0 Å². The minimum Gasteiger partial charge on any atom is -0.368 e. The molecule has 9 heteroatoms. The summed E-state index contributed by atoms with van der Waals surface area (Å²) in [6, 6.07) is 12.8. The Labute approximate surface area is 174 Å². The van der Waals surface area contributed by atoms with Crippen LogP contribution < -0.4 is 4.90 Å². The average molecular weight is 431 g/mol. The fourth-order valence-electron chi connectivity index (χ4n) is 3.94. The molecule has 0 bridgehead atoms. The number of hydrogen-bond acceptors (Lipinski definition) is 5. The summed E-state index contributed by atoms with van der Waals surface area (Å²) >= 11 is 0. The Hall–Kier alpha value is -2.94. The van der Waals surface area contributed by atoms with E-state index in [0.29, 0.717) is 26.2 Å². The Morgan fingerprint density at radius 2 is 1.57 bits per heavy atom. The highest BCUT2D eigenvalue weighted by Crippen LogP contribution is 2.29. The van der Waals surface area contributed by atoms with Crippen molar-refractivity contribution < 1.29 is 22.4 Å². The minimum atomic E-state index is -4.09. The number of nitrogens with zero attached hydrogens (tertiary/aromatic N) is 3. The molecule has 1 atom stereocenters. The van der Waals surface area contributed by atoms with Crippen LogP contribution in [0.3, 0.4) is 0 Å². The van der Waals surface area contributed by atoms with Crippen LogP contribution in [0.4, 0.5) is 10.1 Å². The van der Waals surface area contributed by atoms with Gasteiger partial charge < -0.3 is 9.80 Å². The van der Waals surface area contributed by atoms with Crippen LogP contribution in [0.2, 0.25) is 0 Å². The lowest BCUT2D eigenvalue weighted by Gasteiger charge is -2.38. The lowest BCUT2D eigenvalue weighted by atomic mass is 10.1. The van der Waals surface area contributed by atoms with Crippen molar-refractivity contribution in [2.45, 2.75) is 23.8 Å². The van der Waals surface area contributed by atoms with Crippen molar-refractivity contribution in [2.75, 3.05) is 31.1 Å². The quantitative estimate of drug-likeness (QED) is 0.739. The second-order valence-electron chi connectivity index (χ2n) is 7.35. The first-order chi connectivity index (χ1) is 14.4. The van der Waals surface area contributed by atoms with Crippen molar-refractivity contribution in [1.29, 1.82) is 0 Å². The number of hydrogen-bond donors (Lipinski definition) is 0. The van der Waals surface area contributed by atoms with Crippen molar-refractivity contribution in [1.82, 2.24) is 9.21 Å². The molecule has 30 heavy (non-hydrogen) atoms. The van der Waals surface area contributed by atoms with E-state index in [1.54, 1.807) is 35.2 Å². The van der Waals surface area contributed by atoms with E-state index in [2.05, 4.69) is 0 Å². The number of rotatable bonds is 4. The maximum absolute atomic E-state index is 13.1. The highest BCUT2D eigenvalue weighted by Gasteiger charge is 2.45. The second kappa shape index (κ2) is 8.06. The summed E-state index contributed by atoms with van der Waals surface area (Å²) in [4.78, 5) is 29.2. The van der Waals surface area contributed by atoms with Crippen LogP contribution in [0.15, 0.2) is 59.5 Å². The topological polar surface area (TPSA) is 78.0 Å². The first-order valence-corrected chi connectivity index (χ1v) is 11.2. The molecular weight excluding hydrogens is 409 g/mol. The fourth-order valence-corrected chi connectivity index (χ4v) is 5.56. The number of amides is 2. The van der Waals surface area contributed by atoms with Crippen LogP contribution in [-0.2, 0) is 19.6 Å². The van der Waals surface area contributed by atoms with Gasteiger partial charge in [-0.1, -0.05) is 18.2 Å². The van der Waals surface area contributed by atoms with E-state index >= 15 is 0 Å². The molecular formula is C21H22FN3O4S. The molecule has 0 aliphatic carbocycles. The Morgan fingerprint density at radius 3 is 2.20 bits per heavy atom. The number of benzene rings is 2. The summed E-state index contributed by atoms with van der Waals surface area (Å²) in [7, 11) is -4.09. The van der Waals surface area contributed by atoms with E-state index in [1.165, 1.54) is 24.3 Å². The highest BCUT2D eigenvalue weighted by atomic mass is 32.2. The van der Waals surface area contributed by atoms with Crippen LogP contribution in [-0.4, -0.2) is 61.7 Å². The van der Waals surface area contributed by atoms with Gasteiger partial charge in [0, 0.05) is 38.3 Å². The van der Waals surface area contributed by atoms with Gasteiger partial charge in [0.2, 0.25) is 11.8 Å². The Morgan fingerprint density at radius 1 is 0.933 bits per heavy atom. The summed E-state index contributed by atoms with van der Waals surface area (Å²) in [5, 5.41) is 0. The number of anilines is 1. The molecule has 2 aromatic carbocycles. The number of piperazine rings is 1. The minimum absolute atomic E-state index is 0.000760. The van der Waals surface area contributed by atoms with E-state index in [4.69, 9.17) is 0 Å². The number of carbonyl (C=O) groups excluding carboxylic acids is 2. The molecule has 0 unspecified atom stereocenters. The van der Waals surface area contributed by atoms with Crippen molar-refractivity contribution in [3.63, 3.8) is 0 Å². The van der Waals surface area contributed by atoms with E-state index in [9.17, 15) is 22.4 Å². The van der Waals surface area contributed by atoms with Gasteiger partial charge in [-0.15, -0.1) is 0 Å². The van der Waals surface area contributed by atoms with Gasteiger partial charge in [-0.2, -0.15) is 0 Å². The predicted molar refractivity (Wildman–Crippen MR) is 109 cm³/mol. The van der Waals surface area contributed by atoms with E-state index in [-0.39, 0.29) is 29.5 Å². The maximum atomic E-state index is 13.1. The molecule has 0 saturated carbocycles. The smallest absolute Gasteiger partial charge is 0.267 e. The summed E-state index contributed by atoms with van der Waals surface area (Å²) in [5.74, 6) is -1.21. The third kappa shape index (κ3) is 3.77. The zero-order valence-electron chi connectivity index (χ0n) is 16.3. The molecule has 2 heterocycles. The maximum Gasteiger partial charge on any atom is 0.267 e.